The molecule has 2 unspecified atom stereocenters. The Kier molecular flexibility index (Phi) is 5.53. The molecule has 0 aromatic heterocycles. The van der Waals surface area contributed by atoms with Gasteiger partial charge in [0.2, 0.25) is 0 Å². The molecule has 0 saturated heterocycles. The van der Waals surface area contributed by atoms with Gasteiger partial charge in [0.1, 0.15) is 0 Å². The average molecular weight is 280 g/mol. The van der Waals surface area contributed by atoms with E-state index in [1.165, 1.54) is 51.7 Å². The fourth-order valence-electron chi connectivity index (χ4n) is 3.89. The number of nitrogens with zero attached hydrogens (tertiary/aromatic N) is 1. The summed E-state index contributed by atoms with van der Waals surface area (Å²) in [5, 5.41) is 3.86. The highest BCUT2D eigenvalue weighted by atomic mass is 15.2. The van der Waals surface area contributed by atoms with Gasteiger partial charge in [-0.15, -0.1) is 0 Å². The van der Waals surface area contributed by atoms with E-state index in [1.807, 2.05) is 0 Å². The van der Waals surface area contributed by atoms with Crippen LogP contribution in [0.25, 0.3) is 0 Å². The van der Waals surface area contributed by atoms with Crippen LogP contribution in [0.5, 0.6) is 0 Å². The molecule has 0 radical (unpaired) electrons. The maximum absolute atomic E-state index is 3.86. The fraction of sp³-hybridized carbons (Fsp3) is 1.00. The van der Waals surface area contributed by atoms with E-state index in [-0.39, 0.29) is 0 Å². The largest absolute Gasteiger partial charge is 0.313 e. The standard InChI is InChI=1S/C18H36N2/c1-6-11-19-17-16(9-10-18(17,4)5)13-20(14(2)3)12-15-7-8-15/h14-17,19H,6-13H2,1-5H3. The molecule has 0 aliphatic heterocycles. The summed E-state index contributed by atoms with van der Waals surface area (Å²) in [7, 11) is 0. The van der Waals surface area contributed by atoms with E-state index in [0.29, 0.717) is 17.5 Å². The summed E-state index contributed by atoms with van der Waals surface area (Å²) in [5.74, 6) is 1.85. The molecule has 1 N–H and O–H groups in total. The van der Waals surface area contributed by atoms with E-state index >= 15 is 0 Å². The van der Waals surface area contributed by atoms with Crippen molar-refractivity contribution in [3.8, 4) is 0 Å². The average Bonchev–Trinajstić information content (AvgIpc) is 3.13. The van der Waals surface area contributed by atoms with Crippen LogP contribution in [0.2, 0.25) is 0 Å². The molecule has 0 spiro atoms. The van der Waals surface area contributed by atoms with Gasteiger partial charge in [-0.3, -0.25) is 0 Å². The van der Waals surface area contributed by atoms with Crippen LogP contribution in [-0.4, -0.2) is 36.6 Å². The monoisotopic (exact) mass is 280 g/mol. The normalized spacial score (nSPS) is 29.6. The lowest BCUT2D eigenvalue weighted by molar-refractivity contribution is 0.151. The predicted octanol–water partition coefficient (Wildman–Crippen LogP) is 3.91. The van der Waals surface area contributed by atoms with E-state index in [9.17, 15) is 0 Å². The van der Waals surface area contributed by atoms with Crippen molar-refractivity contribution in [1.29, 1.82) is 0 Å². The molecule has 2 heteroatoms. The van der Waals surface area contributed by atoms with Crippen molar-refractivity contribution in [3.05, 3.63) is 0 Å². The summed E-state index contributed by atoms with van der Waals surface area (Å²) >= 11 is 0. The van der Waals surface area contributed by atoms with E-state index in [1.54, 1.807) is 0 Å². The highest BCUT2D eigenvalue weighted by Gasteiger charge is 2.42. The maximum Gasteiger partial charge on any atom is 0.0159 e. The molecule has 2 aliphatic carbocycles. The third kappa shape index (κ3) is 4.21. The van der Waals surface area contributed by atoms with Crippen LogP contribution >= 0.6 is 0 Å². The molecule has 2 fully saturated rings. The van der Waals surface area contributed by atoms with Gasteiger partial charge < -0.3 is 10.2 Å². The third-order valence-corrected chi connectivity index (χ3v) is 5.48. The van der Waals surface area contributed by atoms with Crippen LogP contribution in [0.4, 0.5) is 0 Å². The highest BCUT2D eigenvalue weighted by molar-refractivity contribution is 4.97. The SMILES string of the molecule is CCCNC1C(CN(CC2CC2)C(C)C)CCC1(C)C. The fourth-order valence-corrected chi connectivity index (χ4v) is 3.89. The first kappa shape index (κ1) is 16.3. The van der Waals surface area contributed by atoms with Gasteiger partial charge in [-0.05, 0) is 69.7 Å². The zero-order valence-electron chi connectivity index (χ0n) is 14.4. The van der Waals surface area contributed by atoms with E-state index in [4.69, 9.17) is 0 Å². The topological polar surface area (TPSA) is 15.3 Å². The summed E-state index contributed by atoms with van der Waals surface area (Å²) in [6, 6.07) is 1.41. The van der Waals surface area contributed by atoms with Crippen molar-refractivity contribution >= 4 is 0 Å². The molecule has 0 amide bonds. The molecule has 2 rings (SSSR count). The van der Waals surface area contributed by atoms with Gasteiger partial charge in [0.25, 0.3) is 0 Å². The first-order chi connectivity index (χ1) is 9.44. The van der Waals surface area contributed by atoms with Crippen molar-refractivity contribution in [2.45, 2.75) is 78.8 Å². The van der Waals surface area contributed by atoms with E-state index in [0.717, 1.165) is 11.8 Å². The minimum absolute atomic E-state index is 0.474. The van der Waals surface area contributed by atoms with Crippen LogP contribution in [0, 0.1) is 17.3 Å². The lowest BCUT2D eigenvalue weighted by Gasteiger charge is -2.36. The molecule has 2 nitrogen and oxygen atoms in total. The van der Waals surface area contributed by atoms with Crippen LogP contribution in [0.15, 0.2) is 0 Å². The van der Waals surface area contributed by atoms with Gasteiger partial charge in [0.05, 0.1) is 0 Å². The lowest BCUT2D eigenvalue weighted by Crippen LogP contribution is -2.47. The second-order valence-corrected chi connectivity index (χ2v) is 8.21. The zero-order valence-corrected chi connectivity index (χ0v) is 14.4. The summed E-state index contributed by atoms with van der Waals surface area (Å²) in [6.45, 7) is 15.8. The zero-order chi connectivity index (χ0) is 14.8. The summed E-state index contributed by atoms with van der Waals surface area (Å²) in [4.78, 5) is 2.75. The van der Waals surface area contributed by atoms with E-state index < -0.39 is 0 Å². The molecule has 0 bridgehead atoms. The summed E-state index contributed by atoms with van der Waals surface area (Å²) in [5.41, 5.74) is 0.474. The molecule has 2 atom stereocenters. The maximum atomic E-state index is 3.86. The first-order valence-electron chi connectivity index (χ1n) is 8.91. The number of rotatable bonds is 8. The van der Waals surface area contributed by atoms with Gasteiger partial charge in [-0.25, -0.2) is 0 Å². The molecule has 118 valence electrons. The van der Waals surface area contributed by atoms with Gasteiger partial charge in [0, 0.05) is 25.2 Å². The quantitative estimate of drug-likeness (QED) is 0.725. The molecule has 2 saturated carbocycles. The van der Waals surface area contributed by atoms with Crippen LogP contribution in [0.3, 0.4) is 0 Å². The van der Waals surface area contributed by atoms with Crippen molar-refractivity contribution in [2.75, 3.05) is 19.6 Å². The Morgan fingerprint density at radius 3 is 2.40 bits per heavy atom. The van der Waals surface area contributed by atoms with Gasteiger partial charge in [0.15, 0.2) is 0 Å². The molecular formula is C18H36N2. The van der Waals surface area contributed by atoms with Gasteiger partial charge in [-0.1, -0.05) is 20.8 Å². The van der Waals surface area contributed by atoms with E-state index in [2.05, 4.69) is 44.8 Å². The Bertz CT molecular complexity index is 294. The minimum Gasteiger partial charge on any atom is -0.313 e. The smallest absolute Gasteiger partial charge is 0.0159 e. The number of nitrogens with one attached hydrogen (secondary N) is 1. The van der Waals surface area contributed by atoms with Crippen LogP contribution in [-0.2, 0) is 0 Å². The molecular weight excluding hydrogens is 244 g/mol. The summed E-state index contributed by atoms with van der Waals surface area (Å²) in [6.07, 6.45) is 6.97. The molecule has 0 heterocycles. The first-order valence-corrected chi connectivity index (χ1v) is 8.91. The molecule has 0 aromatic rings. The number of hydrogen-bond donors (Lipinski definition) is 1. The van der Waals surface area contributed by atoms with Crippen molar-refractivity contribution < 1.29 is 0 Å². The second kappa shape index (κ2) is 6.79. The Balaban J connectivity index is 1.93. The Morgan fingerprint density at radius 2 is 1.85 bits per heavy atom. The van der Waals surface area contributed by atoms with Crippen LogP contribution < -0.4 is 5.32 Å². The van der Waals surface area contributed by atoms with Gasteiger partial charge >= 0.3 is 0 Å². The Morgan fingerprint density at radius 1 is 1.15 bits per heavy atom. The van der Waals surface area contributed by atoms with Crippen molar-refractivity contribution in [2.24, 2.45) is 17.3 Å². The number of hydrogen-bond acceptors (Lipinski definition) is 2. The van der Waals surface area contributed by atoms with Crippen molar-refractivity contribution in [3.63, 3.8) is 0 Å². The lowest BCUT2D eigenvalue weighted by atomic mass is 9.84. The Labute approximate surface area is 126 Å². The van der Waals surface area contributed by atoms with Crippen molar-refractivity contribution in [1.82, 2.24) is 10.2 Å². The second-order valence-electron chi connectivity index (χ2n) is 8.21. The van der Waals surface area contributed by atoms with Gasteiger partial charge in [-0.2, -0.15) is 0 Å². The highest BCUT2D eigenvalue weighted by Crippen LogP contribution is 2.42. The van der Waals surface area contributed by atoms with Crippen LogP contribution in [0.1, 0.15) is 66.7 Å². The third-order valence-electron chi connectivity index (χ3n) is 5.48. The molecule has 2 aliphatic rings. The minimum atomic E-state index is 0.474. The molecule has 0 aromatic carbocycles. The predicted molar refractivity (Wildman–Crippen MR) is 88.0 cm³/mol. The Hall–Kier alpha value is -0.0800. The molecule has 20 heavy (non-hydrogen) atoms. The summed E-state index contributed by atoms with van der Waals surface area (Å²) < 4.78 is 0.